The number of carboxylic acid groups (broad SMARTS) is 1. The van der Waals surface area contributed by atoms with Gasteiger partial charge in [0.15, 0.2) is 0 Å². The molecule has 0 amide bonds. The van der Waals surface area contributed by atoms with E-state index in [1.54, 1.807) is 0 Å². The van der Waals surface area contributed by atoms with Crippen molar-refractivity contribution in [1.82, 2.24) is 0 Å². The van der Waals surface area contributed by atoms with Crippen molar-refractivity contribution in [3.63, 3.8) is 0 Å². The molecule has 0 heterocycles. The lowest BCUT2D eigenvalue weighted by molar-refractivity contribution is -0.131. The fraction of sp³-hybridized carbons (Fsp3) is 0. The van der Waals surface area contributed by atoms with Gasteiger partial charge < -0.3 is 10.4 Å². The van der Waals surface area contributed by atoms with Crippen molar-refractivity contribution in [2.45, 2.75) is 0 Å². The zero-order chi connectivity index (χ0) is 9.68. The van der Waals surface area contributed by atoms with Gasteiger partial charge in [0.25, 0.3) is 0 Å². The molecule has 0 saturated heterocycles. The zero-order valence-electron chi connectivity index (χ0n) is 6.70. The van der Waals surface area contributed by atoms with E-state index in [0.29, 0.717) is 0 Å². The molecular formula is C9H8BrNO2. The molecule has 0 aliphatic rings. The Morgan fingerprint density at radius 2 is 2.00 bits per heavy atom. The fourth-order valence-electron chi connectivity index (χ4n) is 0.755. The summed E-state index contributed by atoms with van der Waals surface area (Å²) in [6, 6.07) is 7.43. The van der Waals surface area contributed by atoms with Gasteiger partial charge in [-0.1, -0.05) is 15.9 Å². The van der Waals surface area contributed by atoms with Crippen LogP contribution in [0, 0.1) is 0 Å². The van der Waals surface area contributed by atoms with Crippen molar-refractivity contribution in [3.05, 3.63) is 41.0 Å². The fourth-order valence-corrected chi connectivity index (χ4v) is 1.02. The Labute approximate surface area is 84.2 Å². The molecule has 0 aliphatic heterocycles. The molecule has 68 valence electrons. The average molecular weight is 242 g/mol. The maximum absolute atomic E-state index is 10.1. The third kappa shape index (κ3) is 3.75. The lowest BCUT2D eigenvalue weighted by Crippen LogP contribution is -1.91. The van der Waals surface area contributed by atoms with E-state index in [4.69, 9.17) is 5.11 Å². The van der Waals surface area contributed by atoms with Gasteiger partial charge >= 0.3 is 5.97 Å². The summed E-state index contributed by atoms with van der Waals surface area (Å²) in [5, 5.41) is 11.1. The molecule has 0 aliphatic carbocycles. The van der Waals surface area contributed by atoms with Gasteiger partial charge in [-0.3, -0.25) is 0 Å². The summed E-state index contributed by atoms with van der Waals surface area (Å²) < 4.78 is 0.986. The number of anilines is 1. The summed E-state index contributed by atoms with van der Waals surface area (Å²) in [5.41, 5.74) is 0.848. The molecule has 0 spiro atoms. The Kier molecular flexibility index (Phi) is 3.52. The van der Waals surface area contributed by atoms with Crippen LogP contribution in [0.3, 0.4) is 0 Å². The van der Waals surface area contributed by atoms with E-state index in [2.05, 4.69) is 21.2 Å². The summed E-state index contributed by atoms with van der Waals surface area (Å²) in [4.78, 5) is 10.1. The topological polar surface area (TPSA) is 49.3 Å². The highest BCUT2D eigenvalue weighted by Crippen LogP contribution is 2.13. The summed E-state index contributed by atoms with van der Waals surface area (Å²) in [6.07, 6.45) is 2.42. The summed E-state index contributed by atoms with van der Waals surface area (Å²) in [6.45, 7) is 0. The first-order chi connectivity index (χ1) is 6.18. The number of aliphatic carboxylic acids is 1. The Morgan fingerprint density at radius 3 is 2.54 bits per heavy atom. The molecule has 1 rings (SSSR count). The lowest BCUT2D eigenvalue weighted by Gasteiger charge is -1.98. The molecular weight excluding hydrogens is 234 g/mol. The number of hydrogen-bond acceptors (Lipinski definition) is 2. The van der Waals surface area contributed by atoms with E-state index >= 15 is 0 Å². The summed E-state index contributed by atoms with van der Waals surface area (Å²) in [7, 11) is 0. The molecule has 0 aromatic heterocycles. The third-order valence-electron chi connectivity index (χ3n) is 1.32. The molecule has 1 aromatic carbocycles. The minimum absolute atomic E-state index is 0.848. The molecule has 0 atom stereocenters. The van der Waals surface area contributed by atoms with Gasteiger partial charge in [-0.25, -0.2) is 4.79 Å². The van der Waals surface area contributed by atoms with Crippen LogP contribution >= 0.6 is 15.9 Å². The van der Waals surface area contributed by atoms with Gasteiger partial charge in [-0.05, 0) is 24.3 Å². The number of carboxylic acids is 1. The van der Waals surface area contributed by atoms with Crippen LogP contribution in [0.15, 0.2) is 41.0 Å². The van der Waals surface area contributed by atoms with E-state index in [1.807, 2.05) is 24.3 Å². The van der Waals surface area contributed by atoms with Gasteiger partial charge in [-0.2, -0.15) is 0 Å². The van der Waals surface area contributed by atoms with Crippen molar-refractivity contribution in [2.24, 2.45) is 0 Å². The molecule has 0 bridgehead atoms. The van der Waals surface area contributed by atoms with E-state index in [-0.39, 0.29) is 0 Å². The molecule has 0 saturated carbocycles. The second-order valence-electron chi connectivity index (χ2n) is 2.32. The monoisotopic (exact) mass is 241 g/mol. The average Bonchev–Trinajstić information content (AvgIpc) is 2.08. The molecule has 0 unspecified atom stereocenters. The van der Waals surface area contributed by atoms with Gasteiger partial charge in [0, 0.05) is 22.4 Å². The molecule has 13 heavy (non-hydrogen) atoms. The van der Waals surface area contributed by atoms with Crippen LogP contribution < -0.4 is 5.32 Å². The predicted octanol–water partition coefficient (Wildman–Crippen LogP) is 2.46. The third-order valence-corrected chi connectivity index (χ3v) is 1.85. The molecule has 2 N–H and O–H groups in total. The number of hydrogen-bond donors (Lipinski definition) is 2. The Hall–Kier alpha value is -1.29. The molecule has 1 aromatic rings. The van der Waals surface area contributed by atoms with Crippen LogP contribution in [0.5, 0.6) is 0 Å². The van der Waals surface area contributed by atoms with Crippen molar-refractivity contribution < 1.29 is 9.90 Å². The molecule has 4 heteroatoms. The highest BCUT2D eigenvalue weighted by atomic mass is 79.9. The first kappa shape index (κ1) is 9.80. The van der Waals surface area contributed by atoms with E-state index < -0.39 is 5.97 Å². The summed E-state index contributed by atoms with van der Waals surface area (Å²) in [5.74, 6) is -0.968. The Bertz CT molecular complexity index is 319. The standard InChI is InChI=1S/C9H8BrNO2/c10-7-1-3-8(4-2-7)11-6-5-9(12)13/h1-6,11H,(H,12,13)/b6-5+. The first-order valence-corrected chi connectivity index (χ1v) is 4.39. The van der Waals surface area contributed by atoms with Crippen LogP contribution in [-0.4, -0.2) is 11.1 Å². The molecule has 0 radical (unpaired) electrons. The second-order valence-corrected chi connectivity index (χ2v) is 3.24. The van der Waals surface area contributed by atoms with Crippen LogP contribution in [0.1, 0.15) is 0 Å². The van der Waals surface area contributed by atoms with Gasteiger partial charge in [-0.15, -0.1) is 0 Å². The second kappa shape index (κ2) is 4.67. The van der Waals surface area contributed by atoms with Crippen molar-refractivity contribution in [1.29, 1.82) is 0 Å². The smallest absolute Gasteiger partial charge is 0.329 e. The van der Waals surface area contributed by atoms with E-state index in [1.165, 1.54) is 6.20 Å². The predicted molar refractivity (Wildman–Crippen MR) is 54.5 cm³/mol. The van der Waals surface area contributed by atoms with Crippen molar-refractivity contribution in [2.75, 3.05) is 5.32 Å². The van der Waals surface area contributed by atoms with Crippen LogP contribution in [-0.2, 0) is 4.79 Å². The minimum atomic E-state index is -0.968. The highest BCUT2D eigenvalue weighted by molar-refractivity contribution is 9.10. The number of nitrogens with one attached hydrogen (secondary N) is 1. The highest BCUT2D eigenvalue weighted by Gasteiger charge is 1.89. The Balaban J connectivity index is 2.55. The number of rotatable bonds is 3. The lowest BCUT2D eigenvalue weighted by atomic mass is 10.3. The van der Waals surface area contributed by atoms with Crippen LogP contribution in [0.4, 0.5) is 5.69 Å². The maximum Gasteiger partial charge on any atom is 0.329 e. The minimum Gasteiger partial charge on any atom is -0.478 e. The van der Waals surface area contributed by atoms with Gasteiger partial charge in [0.2, 0.25) is 0 Å². The van der Waals surface area contributed by atoms with Gasteiger partial charge in [0.05, 0.1) is 0 Å². The number of halogens is 1. The van der Waals surface area contributed by atoms with Crippen molar-refractivity contribution >= 4 is 27.6 Å². The van der Waals surface area contributed by atoms with Crippen molar-refractivity contribution in [3.8, 4) is 0 Å². The summed E-state index contributed by atoms with van der Waals surface area (Å²) >= 11 is 3.30. The Morgan fingerprint density at radius 1 is 1.38 bits per heavy atom. The number of benzene rings is 1. The largest absolute Gasteiger partial charge is 0.478 e. The van der Waals surface area contributed by atoms with E-state index in [9.17, 15) is 4.79 Å². The zero-order valence-corrected chi connectivity index (χ0v) is 8.28. The first-order valence-electron chi connectivity index (χ1n) is 3.60. The normalized spacial score (nSPS) is 10.2. The maximum atomic E-state index is 10.1. The van der Waals surface area contributed by atoms with Crippen LogP contribution in [0.25, 0.3) is 0 Å². The van der Waals surface area contributed by atoms with E-state index in [0.717, 1.165) is 16.2 Å². The quantitative estimate of drug-likeness (QED) is 0.800. The van der Waals surface area contributed by atoms with Crippen LogP contribution in [0.2, 0.25) is 0 Å². The SMILES string of the molecule is O=C(O)/C=C/Nc1ccc(Br)cc1. The molecule has 3 nitrogen and oxygen atoms in total. The molecule has 0 fully saturated rings. The number of carbonyl (C=O) groups is 1. The van der Waals surface area contributed by atoms with Gasteiger partial charge in [0.1, 0.15) is 0 Å².